The summed E-state index contributed by atoms with van der Waals surface area (Å²) in [5.41, 5.74) is 1.29. The second-order valence-corrected chi connectivity index (χ2v) is 4.46. The molecule has 0 aliphatic carbocycles. The second kappa shape index (κ2) is 4.74. The Hall–Kier alpha value is -0.630. The molecule has 0 radical (unpaired) electrons. The number of halogens is 1. The first-order chi connectivity index (χ1) is 6.88. The lowest BCUT2D eigenvalue weighted by Gasteiger charge is -2.11. The molecule has 0 N–H and O–H groups in total. The molecule has 1 aliphatic heterocycles. The summed E-state index contributed by atoms with van der Waals surface area (Å²) >= 11 is 3.69. The summed E-state index contributed by atoms with van der Waals surface area (Å²) in [6.07, 6.45) is 4.02. The molecule has 14 heavy (non-hydrogen) atoms. The van der Waals surface area contributed by atoms with E-state index in [1.54, 1.807) is 0 Å². The molecular weight excluding hydrogens is 238 g/mol. The molecule has 74 valence electrons. The van der Waals surface area contributed by atoms with Crippen molar-refractivity contribution < 1.29 is 4.58 Å². The minimum Gasteiger partial charge on any atom is -0.224 e. The number of nitrogens with zero attached hydrogens (tertiary/aromatic N) is 1. The first kappa shape index (κ1) is 9.91. The fraction of sp³-hybridized carbons (Fsp3) is 0.417. The van der Waals surface area contributed by atoms with Crippen molar-refractivity contribution in [1.82, 2.24) is 0 Å². The fourth-order valence-corrected chi connectivity index (χ4v) is 2.47. The standard InChI is InChI=1S/C12H15BrN/c13-12(11-7-3-1-4-8-11)14-9-5-2-6-10-14/h1,3-4,7-8H,2,5-6,9-10H2/q+1. The molecule has 1 aromatic carbocycles. The van der Waals surface area contributed by atoms with Crippen LogP contribution in [0.25, 0.3) is 0 Å². The van der Waals surface area contributed by atoms with Gasteiger partial charge in [-0.25, -0.2) is 4.58 Å². The molecule has 2 rings (SSSR count). The van der Waals surface area contributed by atoms with Crippen LogP contribution in [0.4, 0.5) is 0 Å². The maximum Gasteiger partial charge on any atom is 0.249 e. The Labute approximate surface area is 93.6 Å². The van der Waals surface area contributed by atoms with Crippen molar-refractivity contribution in [1.29, 1.82) is 0 Å². The average Bonchev–Trinajstić information content (AvgIpc) is 2.30. The van der Waals surface area contributed by atoms with Crippen LogP contribution in [0.15, 0.2) is 30.3 Å². The summed E-state index contributed by atoms with van der Waals surface area (Å²) in [5.74, 6) is 0. The van der Waals surface area contributed by atoms with E-state index in [-0.39, 0.29) is 0 Å². The predicted octanol–water partition coefficient (Wildman–Crippen LogP) is 3.02. The number of rotatable bonds is 1. The lowest BCUT2D eigenvalue weighted by molar-refractivity contribution is -0.533. The Kier molecular flexibility index (Phi) is 3.35. The second-order valence-electron chi connectivity index (χ2n) is 3.70. The third kappa shape index (κ3) is 2.24. The van der Waals surface area contributed by atoms with Crippen LogP contribution in [0.5, 0.6) is 0 Å². The van der Waals surface area contributed by atoms with Crippen LogP contribution < -0.4 is 0 Å². The van der Waals surface area contributed by atoms with Crippen molar-refractivity contribution in [2.24, 2.45) is 0 Å². The highest BCUT2D eigenvalue weighted by Crippen LogP contribution is 2.11. The van der Waals surface area contributed by atoms with Gasteiger partial charge < -0.3 is 0 Å². The van der Waals surface area contributed by atoms with Gasteiger partial charge in [0, 0.05) is 28.8 Å². The summed E-state index contributed by atoms with van der Waals surface area (Å²) in [5, 5.41) is 0. The molecule has 1 saturated heterocycles. The van der Waals surface area contributed by atoms with Crippen LogP contribution in [0.3, 0.4) is 0 Å². The predicted molar refractivity (Wildman–Crippen MR) is 63.3 cm³/mol. The van der Waals surface area contributed by atoms with Crippen molar-refractivity contribution in [3.05, 3.63) is 35.9 Å². The molecule has 0 aromatic heterocycles. The quantitative estimate of drug-likeness (QED) is 0.677. The summed E-state index contributed by atoms with van der Waals surface area (Å²) in [4.78, 5) is 0. The van der Waals surface area contributed by atoms with Crippen LogP contribution in [-0.2, 0) is 0 Å². The van der Waals surface area contributed by atoms with Crippen molar-refractivity contribution in [3.8, 4) is 0 Å². The molecule has 1 nitrogen and oxygen atoms in total. The van der Waals surface area contributed by atoms with Crippen molar-refractivity contribution in [2.75, 3.05) is 13.1 Å². The molecule has 0 atom stereocenters. The third-order valence-corrected chi connectivity index (χ3v) is 3.61. The highest BCUT2D eigenvalue weighted by Gasteiger charge is 2.16. The molecule has 0 unspecified atom stereocenters. The lowest BCUT2D eigenvalue weighted by Crippen LogP contribution is -2.24. The maximum absolute atomic E-state index is 3.69. The first-order valence-corrected chi connectivity index (χ1v) is 6.00. The minimum atomic E-state index is 1.19. The molecular formula is C12H15BrN+. The average molecular weight is 253 g/mol. The Morgan fingerprint density at radius 1 is 1.00 bits per heavy atom. The smallest absolute Gasteiger partial charge is 0.224 e. The van der Waals surface area contributed by atoms with E-state index in [0.29, 0.717) is 0 Å². The normalized spacial score (nSPS) is 16.8. The van der Waals surface area contributed by atoms with E-state index in [4.69, 9.17) is 0 Å². The number of hydrogen-bond donors (Lipinski definition) is 0. The molecule has 2 heteroatoms. The molecule has 1 heterocycles. The third-order valence-electron chi connectivity index (χ3n) is 2.65. The van der Waals surface area contributed by atoms with E-state index < -0.39 is 0 Å². The van der Waals surface area contributed by atoms with E-state index in [1.165, 1.54) is 42.5 Å². The Balaban J connectivity index is 2.25. The fourth-order valence-electron chi connectivity index (χ4n) is 1.85. The summed E-state index contributed by atoms with van der Waals surface area (Å²) in [6, 6.07) is 10.5. The Morgan fingerprint density at radius 3 is 2.29 bits per heavy atom. The Morgan fingerprint density at radius 2 is 1.64 bits per heavy atom. The van der Waals surface area contributed by atoms with Crippen LogP contribution in [-0.4, -0.2) is 22.3 Å². The number of piperidine rings is 1. The van der Waals surface area contributed by atoms with Gasteiger partial charge in [0.2, 0.25) is 4.62 Å². The van der Waals surface area contributed by atoms with E-state index in [2.05, 4.69) is 50.8 Å². The van der Waals surface area contributed by atoms with E-state index in [1.807, 2.05) is 0 Å². The van der Waals surface area contributed by atoms with Gasteiger partial charge in [0.1, 0.15) is 13.1 Å². The summed E-state index contributed by atoms with van der Waals surface area (Å²) in [7, 11) is 0. The van der Waals surface area contributed by atoms with Crippen molar-refractivity contribution in [2.45, 2.75) is 19.3 Å². The van der Waals surface area contributed by atoms with Crippen LogP contribution in [0, 0.1) is 0 Å². The monoisotopic (exact) mass is 252 g/mol. The van der Waals surface area contributed by atoms with Gasteiger partial charge in [-0.2, -0.15) is 0 Å². The SMILES string of the molecule is BrC(c1ccccc1)=[N+]1CCCCC1. The lowest BCUT2D eigenvalue weighted by atomic mass is 10.1. The molecule has 1 aliphatic rings. The molecule has 0 bridgehead atoms. The maximum atomic E-state index is 3.69. The summed E-state index contributed by atoms with van der Waals surface area (Å²) in [6.45, 7) is 2.38. The topological polar surface area (TPSA) is 3.01 Å². The first-order valence-electron chi connectivity index (χ1n) is 5.21. The zero-order valence-electron chi connectivity index (χ0n) is 8.25. The highest BCUT2D eigenvalue weighted by molar-refractivity contribution is 9.18. The zero-order chi connectivity index (χ0) is 9.80. The molecule has 0 amide bonds. The van der Waals surface area contributed by atoms with Gasteiger partial charge in [-0.05, 0) is 18.6 Å². The molecule has 1 aromatic rings. The number of benzene rings is 1. The van der Waals surface area contributed by atoms with Gasteiger partial charge in [0.15, 0.2) is 0 Å². The van der Waals surface area contributed by atoms with E-state index in [9.17, 15) is 0 Å². The van der Waals surface area contributed by atoms with Gasteiger partial charge in [-0.1, -0.05) is 18.2 Å². The van der Waals surface area contributed by atoms with E-state index >= 15 is 0 Å². The highest BCUT2D eigenvalue weighted by atomic mass is 79.9. The molecule has 0 spiro atoms. The van der Waals surface area contributed by atoms with Gasteiger partial charge in [-0.3, -0.25) is 0 Å². The van der Waals surface area contributed by atoms with Gasteiger partial charge >= 0.3 is 0 Å². The van der Waals surface area contributed by atoms with E-state index in [0.717, 1.165) is 0 Å². The van der Waals surface area contributed by atoms with Gasteiger partial charge in [0.05, 0.1) is 5.56 Å². The minimum absolute atomic E-state index is 1.19. The van der Waals surface area contributed by atoms with Crippen LogP contribution in [0.1, 0.15) is 24.8 Å². The van der Waals surface area contributed by atoms with Crippen LogP contribution >= 0.6 is 15.9 Å². The van der Waals surface area contributed by atoms with Crippen molar-refractivity contribution in [3.63, 3.8) is 0 Å². The molecule has 1 fully saturated rings. The molecule has 0 saturated carbocycles. The van der Waals surface area contributed by atoms with Gasteiger partial charge in [-0.15, -0.1) is 0 Å². The summed E-state index contributed by atoms with van der Waals surface area (Å²) < 4.78 is 3.68. The largest absolute Gasteiger partial charge is 0.249 e. The Bertz CT molecular complexity index is 321. The zero-order valence-corrected chi connectivity index (χ0v) is 9.83. The number of hydrogen-bond acceptors (Lipinski definition) is 0. The van der Waals surface area contributed by atoms with Gasteiger partial charge in [0.25, 0.3) is 0 Å². The van der Waals surface area contributed by atoms with Crippen LogP contribution in [0.2, 0.25) is 0 Å². The van der Waals surface area contributed by atoms with Crippen molar-refractivity contribution >= 4 is 20.6 Å².